The Bertz CT molecular complexity index is 376. The average molecular weight is 308 g/mol. The zero-order chi connectivity index (χ0) is 15.0. The van der Waals surface area contributed by atoms with E-state index in [2.05, 4.69) is 40.1 Å². The summed E-state index contributed by atoms with van der Waals surface area (Å²) >= 11 is 2.08. The van der Waals surface area contributed by atoms with Crippen molar-refractivity contribution in [3.05, 3.63) is 0 Å². The van der Waals surface area contributed by atoms with Crippen LogP contribution in [0, 0.1) is 12.3 Å². The van der Waals surface area contributed by atoms with Crippen LogP contribution < -0.4 is 10.6 Å². The van der Waals surface area contributed by atoms with Crippen LogP contribution in [0.2, 0.25) is 0 Å². The fraction of sp³-hybridized carbons (Fsp3) is 0.812. The number of rotatable bonds is 5. The zero-order valence-electron chi connectivity index (χ0n) is 13.2. The van der Waals surface area contributed by atoms with Crippen LogP contribution in [0.1, 0.15) is 32.6 Å². The number of thioether (sulfide) groups is 1. The van der Waals surface area contributed by atoms with Gasteiger partial charge in [-0.1, -0.05) is 18.8 Å². The number of aliphatic imine (C=N–C) groups is 1. The molecule has 118 valence electrons. The van der Waals surface area contributed by atoms with E-state index in [0.29, 0.717) is 12.1 Å². The molecule has 21 heavy (non-hydrogen) atoms. The summed E-state index contributed by atoms with van der Waals surface area (Å²) in [6, 6.07) is 0. The van der Waals surface area contributed by atoms with Crippen LogP contribution in [0.5, 0.6) is 0 Å². The minimum Gasteiger partial charge on any atom is -0.357 e. The molecule has 0 aromatic rings. The maximum atomic E-state index is 5.33. The van der Waals surface area contributed by atoms with Crippen LogP contribution in [0.25, 0.3) is 0 Å². The highest BCUT2D eigenvalue weighted by Crippen LogP contribution is 2.36. The molecule has 0 aromatic carbocycles. The van der Waals surface area contributed by atoms with Crippen LogP contribution in [-0.2, 0) is 0 Å². The van der Waals surface area contributed by atoms with Crippen molar-refractivity contribution in [3.63, 3.8) is 0 Å². The minimum atomic E-state index is 0.291. The standard InChI is InChI=1S/C16H28N4S/c1-3-9-18-15(17-4-2)19-14-16(7-5-6-8-16)20-10-12-21-13-11-20/h1H,4-14H2,2H3,(H2,17,18,19). The SMILES string of the molecule is C#CCNC(=NCC1(N2CCSCC2)CCCC1)NCC. The lowest BCUT2D eigenvalue weighted by molar-refractivity contribution is 0.112. The van der Waals surface area contributed by atoms with E-state index in [9.17, 15) is 0 Å². The monoisotopic (exact) mass is 308 g/mol. The van der Waals surface area contributed by atoms with Crippen LogP contribution in [-0.4, -0.2) is 60.6 Å². The van der Waals surface area contributed by atoms with Gasteiger partial charge in [0.2, 0.25) is 0 Å². The first-order chi connectivity index (χ1) is 10.3. The molecule has 0 unspecified atom stereocenters. The first-order valence-electron chi connectivity index (χ1n) is 8.09. The Morgan fingerprint density at radius 2 is 2.00 bits per heavy atom. The summed E-state index contributed by atoms with van der Waals surface area (Å²) in [5, 5.41) is 6.48. The lowest BCUT2D eigenvalue weighted by atomic mass is 9.95. The topological polar surface area (TPSA) is 39.7 Å². The van der Waals surface area contributed by atoms with E-state index in [0.717, 1.165) is 19.0 Å². The summed E-state index contributed by atoms with van der Waals surface area (Å²) < 4.78 is 0. The van der Waals surface area contributed by atoms with Gasteiger partial charge in [-0.05, 0) is 19.8 Å². The Hall–Kier alpha value is -0.860. The first kappa shape index (κ1) is 16.5. The number of nitrogens with zero attached hydrogens (tertiary/aromatic N) is 2. The quantitative estimate of drug-likeness (QED) is 0.459. The van der Waals surface area contributed by atoms with Crippen LogP contribution in [0.3, 0.4) is 0 Å². The van der Waals surface area contributed by atoms with Gasteiger partial charge in [-0.3, -0.25) is 9.89 Å². The van der Waals surface area contributed by atoms with Gasteiger partial charge in [0.05, 0.1) is 13.1 Å². The maximum absolute atomic E-state index is 5.33. The molecule has 1 aliphatic carbocycles. The predicted octanol–water partition coefficient (Wildman–Crippen LogP) is 1.54. The van der Waals surface area contributed by atoms with Gasteiger partial charge >= 0.3 is 0 Å². The van der Waals surface area contributed by atoms with Gasteiger partial charge in [0.25, 0.3) is 0 Å². The van der Waals surface area contributed by atoms with Crippen molar-refractivity contribution in [1.82, 2.24) is 15.5 Å². The lowest BCUT2D eigenvalue weighted by Gasteiger charge is -2.42. The van der Waals surface area contributed by atoms with Crippen molar-refractivity contribution in [2.45, 2.75) is 38.1 Å². The van der Waals surface area contributed by atoms with E-state index in [4.69, 9.17) is 11.4 Å². The molecule has 4 nitrogen and oxygen atoms in total. The molecule has 1 heterocycles. The number of hydrogen-bond acceptors (Lipinski definition) is 3. The summed E-state index contributed by atoms with van der Waals surface area (Å²) in [5.41, 5.74) is 0.291. The van der Waals surface area contributed by atoms with Gasteiger partial charge in [-0.15, -0.1) is 6.42 Å². The summed E-state index contributed by atoms with van der Waals surface area (Å²) in [5.74, 6) is 6.00. The molecule has 2 rings (SSSR count). The smallest absolute Gasteiger partial charge is 0.192 e. The second kappa shape index (κ2) is 8.55. The molecular weight excluding hydrogens is 280 g/mol. The Kier molecular flexibility index (Phi) is 6.72. The Morgan fingerprint density at radius 1 is 1.29 bits per heavy atom. The first-order valence-corrected chi connectivity index (χ1v) is 9.25. The largest absolute Gasteiger partial charge is 0.357 e. The van der Waals surface area contributed by atoms with E-state index in [-0.39, 0.29) is 0 Å². The Labute approximate surface area is 133 Å². The van der Waals surface area contributed by atoms with E-state index in [1.807, 2.05) is 0 Å². The van der Waals surface area contributed by atoms with Crippen molar-refractivity contribution < 1.29 is 0 Å². The van der Waals surface area contributed by atoms with Crippen molar-refractivity contribution >= 4 is 17.7 Å². The van der Waals surface area contributed by atoms with E-state index in [1.165, 1.54) is 50.3 Å². The molecule has 0 radical (unpaired) electrons. The van der Waals surface area contributed by atoms with Crippen molar-refractivity contribution in [1.29, 1.82) is 0 Å². The molecule has 2 N–H and O–H groups in total. The second-order valence-electron chi connectivity index (χ2n) is 5.78. The number of terminal acetylenes is 1. The molecule has 1 saturated heterocycles. The highest BCUT2D eigenvalue weighted by molar-refractivity contribution is 7.99. The second-order valence-corrected chi connectivity index (χ2v) is 7.01. The molecule has 1 aliphatic heterocycles. The molecule has 0 bridgehead atoms. The summed E-state index contributed by atoms with van der Waals surface area (Å²) in [6.45, 7) is 6.80. The van der Waals surface area contributed by atoms with Crippen molar-refractivity contribution in [3.8, 4) is 12.3 Å². The summed E-state index contributed by atoms with van der Waals surface area (Å²) in [6.07, 6.45) is 10.6. The normalized spacial score (nSPS) is 22.8. The Morgan fingerprint density at radius 3 is 2.62 bits per heavy atom. The van der Waals surface area contributed by atoms with Gasteiger partial charge in [0, 0.05) is 36.7 Å². The molecule has 0 spiro atoms. The van der Waals surface area contributed by atoms with Gasteiger partial charge in [0.1, 0.15) is 0 Å². The molecule has 0 atom stereocenters. The molecule has 5 heteroatoms. The fourth-order valence-corrected chi connectivity index (χ4v) is 4.25. The highest BCUT2D eigenvalue weighted by atomic mass is 32.2. The van der Waals surface area contributed by atoms with Crippen molar-refractivity contribution in [2.75, 3.05) is 44.2 Å². The Balaban J connectivity index is 2.02. The zero-order valence-corrected chi connectivity index (χ0v) is 14.0. The molecule has 2 fully saturated rings. The maximum Gasteiger partial charge on any atom is 0.192 e. The van der Waals surface area contributed by atoms with Gasteiger partial charge < -0.3 is 10.6 Å². The van der Waals surface area contributed by atoms with Crippen LogP contribution in [0.15, 0.2) is 4.99 Å². The molecule has 0 aromatic heterocycles. The van der Waals surface area contributed by atoms with Gasteiger partial charge in [0.15, 0.2) is 5.96 Å². The fourth-order valence-electron chi connectivity index (χ4n) is 3.35. The molecule has 2 aliphatic rings. The van der Waals surface area contributed by atoms with E-state index < -0.39 is 0 Å². The van der Waals surface area contributed by atoms with Crippen molar-refractivity contribution in [2.24, 2.45) is 4.99 Å². The third-order valence-corrected chi connectivity index (χ3v) is 5.39. The molecule has 1 saturated carbocycles. The third kappa shape index (κ3) is 4.55. The van der Waals surface area contributed by atoms with E-state index in [1.54, 1.807) is 0 Å². The molecule has 0 amide bonds. The average Bonchev–Trinajstić information content (AvgIpc) is 3.01. The number of hydrogen-bond donors (Lipinski definition) is 2. The number of nitrogens with one attached hydrogen (secondary N) is 2. The van der Waals surface area contributed by atoms with Crippen LogP contribution >= 0.6 is 11.8 Å². The number of guanidine groups is 1. The van der Waals surface area contributed by atoms with Crippen LogP contribution in [0.4, 0.5) is 0 Å². The molecular formula is C16H28N4S. The highest BCUT2D eigenvalue weighted by Gasteiger charge is 2.39. The summed E-state index contributed by atoms with van der Waals surface area (Å²) in [4.78, 5) is 7.53. The van der Waals surface area contributed by atoms with Gasteiger partial charge in [-0.25, -0.2) is 0 Å². The van der Waals surface area contributed by atoms with Gasteiger partial charge in [-0.2, -0.15) is 11.8 Å². The predicted molar refractivity (Wildman–Crippen MR) is 92.9 cm³/mol. The lowest BCUT2D eigenvalue weighted by Crippen LogP contribution is -2.53. The minimum absolute atomic E-state index is 0.291. The summed E-state index contributed by atoms with van der Waals surface area (Å²) in [7, 11) is 0. The third-order valence-electron chi connectivity index (χ3n) is 4.45. The van der Waals surface area contributed by atoms with E-state index >= 15 is 0 Å².